The minimum Gasteiger partial charge on any atom is -0.293 e. The predicted octanol–water partition coefficient (Wildman–Crippen LogP) is 3.90. The first kappa shape index (κ1) is 15.3. The minimum atomic E-state index is 0.317. The van der Waals surface area contributed by atoms with Crippen molar-refractivity contribution in [1.82, 2.24) is 9.80 Å². The number of rotatable bonds is 0. The molecule has 0 aromatic carbocycles. The molecule has 0 N–H and O–H groups in total. The van der Waals surface area contributed by atoms with Crippen molar-refractivity contribution < 1.29 is 0 Å². The van der Waals surface area contributed by atoms with Gasteiger partial charge >= 0.3 is 0 Å². The fraction of sp³-hybridized carbons (Fsp3) is 1.00. The molecule has 0 spiro atoms. The summed E-state index contributed by atoms with van der Waals surface area (Å²) in [6.45, 7) is 16.9. The van der Waals surface area contributed by atoms with E-state index >= 15 is 0 Å². The molecule has 112 valence electrons. The zero-order valence-corrected chi connectivity index (χ0v) is 14.0. The van der Waals surface area contributed by atoms with Crippen LogP contribution in [0.2, 0.25) is 0 Å². The van der Waals surface area contributed by atoms with Gasteiger partial charge in [0.25, 0.3) is 0 Å². The van der Waals surface area contributed by atoms with Gasteiger partial charge in [-0.25, -0.2) is 0 Å². The van der Waals surface area contributed by atoms with Gasteiger partial charge in [-0.1, -0.05) is 19.3 Å². The first-order valence-electron chi connectivity index (χ1n) is 8.23. The van der Waals surface area contributed by atoms with E-state index in [1.54, 1.807) is 0 Å². The molecule has 3 heterocycles. The Morgan fingerprint density at radius 3 is 1.32 bits per heavy atom. The summed E-state index contributed by atoms with van der Waals surface area (Å²) in [5.41, 5.74) is 0.633. The number of hydrogen-bond donors (Lipinski definition) is 0. The summed E-state index contributed by atoms with van der Waals surface area (Å²) in [4.78, 5) is 5.59. The Morgan fingerprint density at radius 1 is 0.632 bits per heavy atom. The van der Waals surface area contributed by atoms with Crippen LogP contribution in [0, 0.1) is 0 Å². The molecule has 3 fully saturated rings. The molecular formula is C17H34N2. The van der Waals surface area contributed by atoms with Gasteiger partial charge in [0.05, 0.1) is 0 Å². The predicted molar refractivity (Wildman–Crippen MR) is 83.6 cm³/mol. The van der Waals surface area contributed by atoms with Gasteiger partial charge in [-0.2, -0.15) is 0 Å². The average Bonchev–Trinajstić information content (AvgIpc) is 2.41. The van der Waals surface area contributed by atoms with Crippen LogP contribution in [0.15, 0.2) is 0 Å². The lowest BCUT2D eigenvalue weighted by Crippen LogP contribution is -2.66. The van der Waals surface area contributed by atoms with E-state index < -0.39 is 0 Å². The van der Waals surface area contributed by atoms with Gasteiger partial charge in [-0.05, 0) is 54.4 Å². The molecule has 0 aliphatic carbocycles. The Kier molecular flexibility index (Phi) is 4.32. The van der Waals surface area contributed by atoms with Gasteiger partial charge in [0.2, 0.25) is 0 Å². The molecule has 0 radical (unpaired) electrons. The third-order valence-corrected chi connectivity index (χ3v) is 4.99. The highest BCUT2D eigenvalue weighted by Crippen LogP contribution is 2.34. The summed E-state index contributed by atoms with van der Waals surface area (Å²) in [7, 11) is 0. The van der Waals surface area contributed by atoms with Crippen LogP contribution >= 0.6 is 0 Å². The van der Waals surface area contributed by atoms with Crippen LogP contribution in [0.1, 0.15) is 73.6 Å². The minimum absolute atomic E-state index is 0.317. The highest BCUT2D eigenvalue weighted by Gasteiger charge is 2.42. The standard InChI is InChI=1S/C17H34N2/c1-16(2,3)18-12-15-11-9-7-8-10-14(18)13-19(15)17(4,5)6/h14-15H,7-13H2,1-6H3. The zero-order chi connectivity index (χ0) is 14.3. The molecule has 2 bridgehead atoms. The Balaban J connectivity index is 2.25. The van der Waals surface area contributed by atoms with Gasteiger partial charge < -0.3 is 0 Å². The van der Waals surface area contributed by atoms with E-state index in [0.29, 0.717) is 11.1 Å². The largest absolute Gasteiger partial charge is 0.293 e. The quantitative estimate of drug-likeness (QED) is 0.656. The molecular weight excluding hydrogens is 232 g/mol. The van der Waals surface area contributed by atoms with Crippen molar-refractivity contribution >= 4 is 0 Å². The van der Waals surface area contributed by atoms with Crippen molar-refractivity contribution in [2.45, 2.75) is 96.8 Å². The summed E-state index contributed by atoms with van der Waals surface area (Å²) >= 11 is 0. The topological polar surface area (TPSA) is 6.48 Å². The smallest absolute Gasteiger partial charge is 0.0229 e. The second kappa shape index (κ2) is 5.37. The van der Waals surface area contributed by atoms with Gasteiger partial charge in [-0.15, -0.1) is 0 Å². The summed E-state index contributed by atoms with van der Waals surface area (Å²) in [5, 5.41) is 0. The van der Waals surface area contributed by atoms with Crippen LogP contribution < -0.4 is 0 Å². The Bertz CT molecular complexity index is 267. The highest BCUT2D eigenvalue weighted by molar-refractivity contribution is 4.98. The van der Waals surface area contributed by atoms with Crippen molar-refractivity contribution in [3.05, 3.63) is 0 Å². The van der Waals surface area contributed by atoms with E-state index in [9.17, 15) is 0 Å². The monoisotopic (exact) mass is 266 g/mol. The van der Waals surface area contributed by atoms with Crippen LogP contribution in [-0.2, 0) is 0 Å². The van der Waals surface area contributed by atoms with E-state index in [1.165, 1.54) is 45.2 Å². The highest BCUT2D eigenvalue weighted by atomic mass is 15.4. The normalized spacial score (nSPS) is 31.9. The third kappa shape index (κ3) is 3.52. The molecule has 3 saturated heterocycles. The molecule has 0 saturated carbocycles. The van der Waals surface area contributed by atoms with Crippen molar-refractivity contribution in [1.29, 1.82) is 0 Å². The van der Waals surface area contributed by atoms with Crippen molar-refractivity contribution in [2.75, 3.05) is 13.1 Å². The Labute approximate surface area is 120 Å². The van der Waals surface area contributed by atoms with Crippen LogP contribution in [0.25, 0.3) is 0 Å². The first-order chi connectivity index (χ1) is 8.69. The van der Waals surface area contributed by atoms with Gasteiger partial charge in [0.15, 0.2) is 0 Å². The van der Waals surface area contributed by atoms with Gasteiger partial charge in [0.1, 0.15) is 0 Å². The lowest BCUT2D eigenvalue weighted by Gasteiger charge is -2.55. The number of nitrogens with zero attached hydrogens (tertiary/aromatic N) is 2. The molecule has 2 heteroatoms. The lowest BCUT2D eigenvalue weighted by molar-refractivity contribution is -0.0601. The van der Waals surface area contributed by atoms with Crippen LogP contribution in [-0.4, -0.2) is 46.1 Å². The molecule has 3 rings (SSSR count). The van der Waals surface area contributed by atoms with E-state index in [4.69, 9.17) is 0 Å². The summed E-state index contributed by atoms with van der Waals surface area (Å²) in [5.74, 6) is 0. The molecule has 0 amide bonds. The molecule has 3 aliphatic heterocycles. The van der Waals surface area contributed by atoms with Crippen LogP contribution in [0.5, 0.6) is 0 Å². The lowest BCUT2D eigenvalue weighted by atomic mass is 9.91. The maximum absolute atomic E-state index is 2.80. The van der Waals surface area contributed by atoms with Crippen molar-refractivity contribution in [2.24, 2.45) is 0 Å². The fourth-order valence-corrected chi connectivity index (χ4v) is 4.02. The molecule has 0 aromatic rings. The SMILES string of the molecule is CC(C)(C)N1CC2CCCCCC1CN2C(C)(C)C. The summed E-state index contributed by atoms with van der Waals surface area (Å²) in [6, 6.07) is 1.52. The Morgan fingerprint density at radius 2 is 1.00 bits per heavy atom. The fourth-order valence-electron chi connectivity index (χ4n) is 4.02. The summed E-state index contributed by atoms with van der Waals surface area (Å²) < 4.78 is 0. The molecule has 0 aromatic heterocycles. The number of piperazine rings is 1. The van der Waals surface area contributed by atoms with Gasteiger partial charge in [-0.3, -0.25) is 9.80 Å². The van der Waals surface area contributed by atoms with Crippen LogP contribution in [0.3, 0.4) is 0 Å². The van der Waals surface area contributed by atoms with E-state index in [1.807, 2.05) is 0 Å². The molecule has 2 unspecified atom stereocenters. The summed E-state index contributed by atoms with van der Waals surface area (Å²) in [6.07, 6.45) is 7.04. The van der Waals surface area contributed by atoms with Gasteiger partial charge in [0, 0.05) is 36.3 Å². The molecule has 19 heavy (non-hydrogen) atoms. The average molecular weight is 266 g/mol. The van der Waals surface area contributed by atoms with E-state index in [-0.39, 0.29) is 0 Å². The Hall–Kier alpha value is -0.0800. The number of hydrogen-bond acceptors (Lipinski definition) is 2. The van der Waals surface area contributed by atoms with Crippen molar-refractivity contribution in [3.63, 3.8) is 0 Å². The second-order valence-electron chi connectivity index (χ2n) is 8.59. The first-order valence-corrected chi connectivity index (χ1v) is 8.23. The zero-order valence-electron chi connectivity index (χ0n) is 14.0. The maximum Gasteiger partial charge on any atom is 0.0229 e. The van der Waals surface area contributed by atoms with E-state index in [2.05, 4.69) is 51.3 Å². The van der Waals surface area contributed by atoms with E-state index in [0.717, 1.165) is 12.1 Å². The second-order valence-corrected chi connectivity index (χ2v) is 8.59. The molecule has 2 nitrogen and oxygen atoms in total. The third-order valence-electron chi connectivity index (χ3n) is 4.99. The van der Waals surface area contributed by atoms with Crippen molar-refractivity contribution in [3.8, 4) is 0 Å². The number of fused-ring (bicyclic) bond motifs is 6. The molecule has 3 aliphatic rings. The maximum atomic E-state index is 2.80. The molecule has 2 atom stereocenters. The van der Waals surface area contributed by atoms with Crippen LogP contribution in [0.4, 0.5) is 0 Å².